The zero-order valence-corrected chi connectivity index (χ0v) is 12.7. The highest BCUT2D eigenvalue weighted by atomic mass is 32.2. The highest BCUT2D eigenvalue weighted by molar-refractivity contribution is 7.88. The number of nitrogens with zero attached hydrogens (tertiary/aromatic N) is 2. The van der Waals surface area contributed by atoms with Gasteiger partial charge in [0.15, 0.2) is 0 Å². The lowest BCUT2D eigenvalue weighted by molar-refractivity contribution is 0.159. The quantitative estimate of drug-likeness (QED) is 0.843. The lowest BCUT2D eigenvalue weighted by Crippen LogP contribution is -2.52. The summed E-state index contributed by atoms with van der Waals surface area (Å²) in [5.74, 6) is 0.107. The maximum absolute atomic E-state index is 12.5. The van der Waals surface area contributed by atoms with E-state index in [2.05, 4.69) is 11.8 Å². The number of piperazine rings is 1. The molecule has 1 fully saturated rings. The Hall–Kier alpha value is -0.910. The van der Waals surface area contributed by atoms with Crippen LogP contribution in [0.15, 0.2) is 24.3 Å². The average Bonchev–Trinajstić information content (AvgIpc) is 2.35. The molecule has 0 aromatic heterocycles. The molecule has 0 radical (unpaired) electrons. The standard InChI is InChI=1S/C14H22N2O2S/c1-12-6-4-5-7-14(12)11-19(17,18)16-9-8-15(3)13(2)10-16/h4-7,13H,8-11H2,1-3H3. The normalized spacial score (nSPS) is 22.6. The van der Waals surface area contributed by atoms with Crippen molar-refractivity contribution in [1.82, 2.24) is 9.21 Å². The minimum atomic E-state index is -3.21. The van der Waals surface area contributed by atoms with Gasteiger partial charge in [0.2, 0.25) is 10.0 Å². The summed E-state index contributed by atoms with van der Waals surface area (Å²) >= 11 is 0. The first-order chi connectivity index (χ1) is 8.90. The summed E-state index contributed by atoms with van der Waals surface area (Å²) < 4.78 is 26.6. The first kappa shape index (κ1) is 14.5. The van der Waals surface area contributed by atoms with Crippen molar-refractivity contribution in [2.45, 2.75) is 25.6 Å². The maximum Gasteiger partial charge on any atom is 0.218 e. The van der Waals surface area contributed by atoms with Gasteiger partial charge in [-0.15, -0.1) is 0 Å². The first-order valence-electron chi connectivity index (χ1n) is 6.63. The SMILES string of the molecule is Cc1ccccc1CS(=O)(=O)N1CCN(C)C(C)C1. The third-order valence-corrected chi connectivity index (χ3v) is 5.71. The predicted molar refractivity (Wildman–Crippen MR) is 77.5 cm³/mol. The largest absolute Gasteiger partial charge is 0.301 e. The molecule has 4 nitrogen and oxygen atoms in total. The van der Waals surface area contributed by atoms with Gasteiger partial charge >= 0.3 is 0 Å². The van der Waals surface area contributed by atoms with Gasteiger partial charge in [0.25, 0.3) is 0 Å². The minimum absolute atomic E-state index is 0.107. The van der Waals surface area contributed by atoms with Gasteiger partial charge in [-0.3, -0.25) is 0 Å². The number of sulfonamides is 1. The van der Waals surface area contributed by atoms with E-state index in [1.807, 2.05) is 38.2 Å². The van der Waals surface area contributed by atoms with Crippen molar-refractivity contribution >= 4 is 10.0 Å². The molecular weight excluding hydrogens is 260 g/mol. The van der Waals surface area contributed by atoms with E-state index in [1.165, 1.54) is 0 Å². The molecule has 1 aromatic carbocycles. The lowest BCUT2D eigenvalue weighted by Gasteiger charge is -2.36. The highest BCUT2D eigenvalue weighted by Gasteiger charge is 2.29. The van der Waals surface area contributed by atoms with Gasteiger partial charge in [-0.1, -0.05) is 24.3 Å². The van der Waals surface area contributed by atoms with Crippen LogP contribution in [-0.2, 0) is 15.8 Å². The lowest BCUT2D eigenvalue weighted by atomic mass is 10.1. The van der Waals surface area contributed by atoms with E-state index in [9.17, 15) is 8.42 Å². The molecule has 19 heavy (non-hydrogen) atoms. The fraction of sp³-hybridized carbons (Fsp3) is 0.571. The van der Waals surface area contributed by atoms with E-state index in [-0.39, 0.29) is 11.8 Å². The van der Waals surface area contributed by atoms with Crippen LogP contribution in [-0.4, -0.2) is 50.3 Å². The van der Waals surface area contributed by atoms with Crippen LogP contribution in [0.25, 0.3) is 0 Å². The van der Waals surface area contributed by atoms with E-state index in [0.29, 0.717) is 13.1 Å². The summed E-state index contributed by atoms with van der Waals surface area (Å²) in [4.78, 5) is 2.19. The molecular formula is C14H22N2O2S. The van der Waals surface area contributed by atoms with Gasteiger partial charge in [0, 0.05) is 25.7 Å². The number of hydrogen-bond acceptors (Lipinski definition) is 3. The number of hydrogen-bond donors (Lipinski definition) is 0. The van der Waals surface area contributed by atoms with Crippen LogP contribution in [0.4, 0.5) is 0 Å². The van der Waals surface area contributed by atoms with Crippen molar-refractivity contribution in [3.05, 3.63) is 35.4 Å². The smallest absolute Gasteiger partial charge is 0.218 e. The van der Waals surface area contributed by atoms with Crippen molar-refractivity contribution in [1.29, 1.82) is 0 Å². The summed E-state index contributed by atoms with van der Waals surface area (Å²) in [5, 5.41) is 0. The molecule has 0 amide bonds. The third kappa shape index (κ3) is 3.35. The van der Waals surface area contributed by atoms with Gasteiger partial charge in [0.1, 0.15) is 0 Å². The van der Waals surface area contributed by atoms with Gasteiger partial charge in [0.05, 0.1) is 5.75 Å². The van der Waals surface area contributed by atoms with Crippen molar-refractivity contribution in [3.8, 4) is 0 Å². The molecule has 0 aliphatic carbocycles. The fourth-order valence-electron chi connectivity index (χ4n) is 2.33. The first-order valence-corrected chi connectivity index (χ1v) is 8.23. The molecule has 0 spiro atoms. The molecule has 1 aromatic rings. The monoisotopic (exact) mass is 282 g/mol. The van der Waals surface area contributed by atoms with Crippen molar-refractivity contribution in [2.75, 3.05) is 26.7 Å². The number of aryl methyl sites for hydroxylation is 1. The zero-order valence-electron chi connectivity index (χ0n) is 11.8. The molecule has 1 saturated heterocycles. The molecule has 1 aliphatic heterocycles. The topological polar surface area (TPSA) is 40.6 Å². The van der Waals surface area contributed by atoms with E-state index in [4.69, 9.17) is 0 Å². The summed E-state index contributed by atoms with van der Waals surface area (Å²) in [6.07, 6.45) is 0. The van der Waals surface area contributed by atoms with Gasteiger partial charge < -0.3 is 4.90 Å². The van der Waals surface area contributed by atoms with E-state index in [1.54, 1.807) is 4.31 Å². The van der Waals surface area contributed by atoms with E-state index < -0.39 is 10.0 Å². The van der Waals surface area contributed by atoms with Gasteiger partial charge in [-0.2, -0.15) is 4.31 Å². The molecule has 5 heteroatoms. The summed E-state index contributed by atoms with van der Waals surface area (Å²) in [6.45, 7) is 6.00. The average molecular weight is 282 g/mol. The second kappa shape index (κ2) is 5.61. The van der Waals surface area contributed by atoms with Crippen molar-refractivity contribution in [3.63, 3.8) is 0 Å². The Morgan fingerprint density at radius 2 is 1.95 bits per heavy atom. The number of likely N-dealkylation sites (N-methyl/N-ethyl adjacent to an activating group) is 1. The summed E-state index contributed by atoms with van der Waals surface area (Å²) in [7, 11) is -1.17. The second-order valence-electron chi connectivity index (χ2n) is 5.37. The van der Waals surface area contributed by atoms with Crippen molar-refractivity contribution < 1.29 is 8.42 Å². The molecule has 0 bridgehead atoms. The second-order valence-corrected chi connectivity index (χ2v) is 7.34. The Morgan fingerprint density at radius 3 is 2.58 bits per heavy atom. The van der Waals surface area contributed by atoms with Crippen LogP contribution >= 0.6 is 0 Å². The van der Waals surface area contributed by atoms with Crippen molar-refractivity contribution in [2.24, 2.45) is 0 Å². The predicted octanol–water partition coefficient (Wildman–Crippen LogP) is 1.46. The Kier molecular flexibility index (Phi) is 4.28. The van der Waals surface area contributed by atoms with Gasteiger partial charge in [-0.05, 0) is 32.0 Å². The molecule has 0 N–H and O–H groups in total. The van der Waals surface area contributed by atoms with E-state index >= 15 is 0 Å². The molecule has 1 unspecified atom stereocenters. The Bertz CT molecular complexity index is 542. The zero-order chi connectivity index (χ0) is 14.0. The molecule has 1 atom stereocenters. The summed E-state index contributed by atoms with van der Waals surface area (Å²) in [5.41, 5.74) is 1.93. The Labute approximate surface area is 116 Å². The van der Waals surface area contributed by atoms with Crippen LogP contribution < -0.4 is 0 Å². The number of rotatable bonds is 3. The molecule has 106 valence electrons. The molecule has 2 rings (SSSR count). The van der Waals surface area contributed by atoms with Gasteiger partial charge in [-0.25, -0.2) is 8.42 Å². The van der Waals surface area contributed by atoms with E-state index in [0.717, 1.165) is 17.7 Å². The highest BCUT2D eigenvalue weighted by Crippen LogP contribution is 2.17. The molecule has 1 heterocycles. The molecule has 0 saturated carbocycles. The maximum atomic E-state index is 12.5. The Morgan fingerprint density at radius 1 is 1.26 bits per heavy atom. The van der Waals surface area contributed by atoms with Crippen LogP contribution in [0.5, 0.6) is 0 Å². The van der Waals surface area contributed by atoms with Crippen LogP contribution in [0.3, 0.4) is 0 Å². The van der Waals surface area contributed by atoms with Crippen LogP contribution in [0.2, 0.25) is 0 Å². The number of benzene rings is 1. The Balaban J connectivity index is 2.13. The molecule has 1 aliphatic rings. The van der Waals surface area contributed by atoms with Crippen LogP contribution in [0, 0.1) is 6.92 Å². The fourth-order valence-corrected chi connectivity index (χ4v) is 4.03. The summed E-state index contributed by atoms with van der Waals surface area (Å²) in [6, 6.07) is 7.96. The third-order valence-electron chi connectivity index (χ3n) is 3.91. The minimum Gasteiger partial charge on any atom is -0.301 e. The van der Waals surface area contributed by atoms with Crippen LogP contribution in [0.1, 0.15) is 18.1 Å².